The minimum absolute atomic E-state index is 0.0397. The van der Waals surface area contributed by atoms with Gasteiger partial charge in [0.25, 0.3) is 5.91 Å². The lowest BCUT2D eigenvalue weighted by Gasteiger charge is -2.53. The van der Waals surface area contributed by atoms with E-state index in [1.165, 1.54) is 28.9 Å². The van der Waals surface area contributed by atoms with Crippen LogP contribution < -0.4 is 5.32 Å². The van der Waals surface area contributed by atoms with E-state index in [2.05, 4.69) is 15.6 Å². The molecule has 0 atom stereocenters. The molecular formula is C19H20F4N4O. The lowest BCUT2D eigenvalue weighted by atomic mass is 9.57. The molecule has 0 saturated heterocycles. The number of hydrogen-bond acceptors (Lipinski definition) is 3. The van der Waals surface area contributed by atoms with E-state index in [0.29, 0.717) is 30.6 Å². The maximum absolute atomic E-state index is 13.4. The maximum atomic E-state index is 13.4. The van der Waals surface area contributed by atoms with Crippen molar-refractivity contribution in [2.75, 3.05) is 0 Å². The molecule has 28 heavy (non-hydrogen) atoms. The van der Waals surface area contributed by atoms with Crippen molar-refractivity contribution in [2.24, 2.45) is 5.41 Å². The van der Waals surface area contributed by atoms with Crippen molar-refractivity contribution in [3.63, 3.8) is 0 Å². The monoisotopic (exact) mass is 396 g/mol. The zero-order chi connectivity index (χ0) is 20.2. The van der Waals surface area contributed by atoms with Gasteiger partial charge < -0.3 is 5.32 Å². The van der Waals surface area contributed by atoms with Gasteiger partial charge in [0.2, 0.25) is 0 Å². The highest BCUT2D eigenvalue weighted by Crippen LogP contribution is 2.59. The van der Waals surface area contributed by atoms with E-state index in [9.17, 15) is 22.4 Å². The smallest absolute Gasteiger partial charge is 0.345 e. The molecule has 0 spiro atoms. The van der Waals surface area contributed by atoms with Gasteiger partial charge in [-0.25, -0.2) is 9.07 Å². The number of carbonyl (C=O) groups is 1. The summed E-state index contributed by atoms with van der Waals surface area (Å²) in [5, 5.41) is 10.8. The zero-order valence-electron chi connectivity index (χ0n) is 15.3. The number of alkyl halides is 3. The fraction of sp³-hybridized carbons (Fsp3) is 0.526. The van der Waals surface area contributed by atoms with Gasteiger partial charge in [0.15, 0.2) is 5.69 Å². The van der Waals surface area contributed by atoms with Crippen LogP contribution in [0.15, 0.2) is 24.3 Å². The lowest BCUT2D eigenvalue weighted by Crippen LogP contribution is -2.59. The fourth-order valence-electron chi connectivity index (χ4n) is 4.46. The number of nitrogens with zero attached hydrogens (tertiary/aromatic N) is 3. The van der Waals surface area contributed by atoms with Gasteiger partial charge in [-0.05, 0) is 69.7 Å². The first kappa shape index (κ1) is 18.9. The van der Waals surface area contributed by atoms with Gasteiger partial charge >= 0.3 is 6.18 Å². The molecule has 0 aliphatic heterocycles. The summed E-state index contributed by atoms with van der Waals surface area (Å²) in [5.41, 5.74) is -1.04. The molecule has 3 aliphatic carbocycles. The summed E-state index contributed by atoms with van der Waals surface area (Å²) in [6.07, 6.45) is -3.15. The highest BCUT2D eigenvalue weighted by Gasteiger charge is 2.61. The number of hydrogen-bond donors (Lipinski definition) is 1. The van der Waals surface area contributed by atoms with Crippen LogP contribution in [0.5, 0.6) is 0 Å². The summed E-state index contributed by atoms with van der Waals surface area (Å²) in [7, 11) is 0. The molecule has 150 valence electrons. The Morgan fingerprint density at radius 1 is 1.07 bits per heavy atom. The van der Waals surface area contributed by atoms with Crippen LogP contribution in [-0.2, 0) is 0 Å². The van der Waals surface area contributed by atoms with Gasteiger partial charge in [-0.1, -0.05) is 5.21 Å². The van der Waals surface area contributed by atoms with Crippen molar-refractivity contribution in [3.05, 3.63) is 41.5 Å². The maximum Gasteiger partial charge on any atom is 0.394 e. The van der Waals surface area contributed by atoms with Crippen LogP contribution in [0.3, 0.4) is 0 Å². The molecular weight excluding hydrogens is 376 g/mol. The molecule has 5 nitrogen and oxygen atoms in total. The molecule has 3 saturated carbocycles. The Morgan fingerprint density at radius 3 is 2.18 bits per heavy atom. The third-order valence-corrected chi connectivity index (χ3v) is 6.41. The summed E-state index contributed by atoms with van der Waals surface area (Å²) < 4.78 is 54.7. The summed E-state index contributed by atoms with van der Waals surface area (Å²) in [6, 6.07) is 5.62. The second kappa shape index (κ2) is 6.28. The molecule has 1 aromatic carbocycles. The van der Waals surface area contributed by atoms with Crippen molar-refractivity contribution in [3.8, 4) is 5.69 Å². The highest BCUT2D eigenvalue weighted by atomic mass is 19.4. The number of fused-ring (bicyclic) bond motifs is 3. The Hall–Kier alpha value is -2.45. The molecule has 1 N–H and O–H groups in total. The molecule has 0 unspecified atom stereocenters. The van der Waals surface area contributed by atoms with Gasteiger partial charge in [0.1, 0.15) is 5.82 Å². The predicted octanol–water partition coefficient (Wildman–Crippen LogP) is 4.10. The second-order valence-electron chi connectivity index (χ2n) is 7.92. The molecule has 3 fully saturated rings. The van der Waals surface area contributed by atoms with Gasteiger partial charge in [-0.3, -0.25) is 4.79 Å². The second-order valence-corrected chi connectivity index (χ2v) is 7.92. The van der Waals surface area contributed by atoms with Crippen LogP contribution in [0.4, 0.5) is 17.6 Å². The van der Waals surface area contributed by atoms with Crippen LogP contribution >= 0.6 is 0 Å². The first-order valence-electron chi connectivity index (χ1n) is 9.22. The molecule has 5 rings (SSSR count). The van der Waals surface area contributed by atoms with Crippen LogP contribution in [0, 0.1) is 18.2 Å². The van der Waals surface area contributed by atoms with Crippen molar-refractivity contribution in [1.82, 2.24) is 20.3 Å². The molecule has 1 amide bonds. The first-order chi connectivity index (χ1) is 13.1. The third kappa shape index (κ3) is 2.97. The van der Waals surface area contributed by atoms with Crippen molar-refractivity contribution in [1.29, 1.82) is 0 Å². The number of carbonyl (C=O) groups excluding carboxylic acids is 1. The average molecular weight is 396 g/mol. The number of amides is 1. The molecule has 3 aliphatic rings. The number of halogens is 4. The Kier molecular flexibility index (Phi) is 4.24. The normalized spacial score (nSPS) is 27.0. The van der Waals surface area contributed by atoms with Gasteiger partial charge in [-0.15, -0.1) is 5.10 Å². The average Bonchev–Trinajstić information content (AvgIpc) is 3.04. The SMILES string of the molecule is Cc1c(C(=O)NC23CCC(C(F)(F)F)(CC2)CC3)nnn1-c1ccc(F)cc1. The van der Waals surface area contributed by atoms with Gasteiger partial charge in [0.05, 0.1) is 16.8 Å². The molecule has 1 aromatic heterocycles. The van der Waals surface area contributed by atoms with Crippen molar-refractivity contribution in [2.45, 2.75) is 57.2 Å². The molecule has 1 heterocycles. The summed E-state index contributed by atoms with van der Waals surface area (Å²) in [5.74, 6) is -0.824. The highest BCUT2D eigenvalue weighted by molar-refractivity contribution is 5.93. The van der Waals surface area contributed by atoms with Gasteiger partial charge in [-0.2, -0.15) is 13.2 Å². The largest absolute Gasteiger partial charge is 0.394 e. The molecule has 9 heteroatoms. The lowest BCUT2D eigenvalue weighted by molar-refractivity contribution is -0.253. The fourth-order valence-corrected chi connectivity index (χ4v) is 4.46. The Bertz CT molecular complexity index is 879. The molecule has 0 radical (unpaired) electrons. The minimum atomic E-state index is -4.20. The van der Waals surface area contributed by atoms with E-state index in [1.54, 1.807) is 6.92 Å². The number of nitrogens with one attached hydrogen (secondary N) is 1. The number of benzene rings is 1. The van der Waals surface area contributed by atoms with Crippen LogP contribution in [0.25, 0.3) is 5.69 Å². The quantitative estimate of drug-likeness (QED) is 0.795. The Balaban J connectivity index is 1.51. The molecule has 2 bridgehead atoms. The summed E-state index contributed by atoms with van der Waals surface area (Å²) >= 11 is 0. The summed E-state index contributed by atoms with van der Waals surface area (Å²) in [6.45, 7) is 1.67. The third-order valence-electron chi connectivity index (χ3n) is 6.41. The number of aromatic nitrogens is 3. The Morgan fingerprint density at radius 2 is 1.64 bits per heavy atom. The van der Waals surface area contributed by atoms with Crippen molar-refractivity contribution < 1.29 is 22.4 Å². The van der Waals surface area contributed by atoms with E-state index in [0.717, 1.165) is 0 Å². The van der Waals surface area contributed by atoms with E-state index in [4.69, 9.17) is 0 Å². The van der Waals surface area contributed by atoms with Crippen molar-refractivity contribution >= 4 is 5.91 Å². The number of rotatable bonds is 3. The minimum Gasteiger partial charge on any atom is -0.345 e. The Labute approximate surface area is 159 Å². The van der Waals surface area contributed by atoms with E-state index >= 15 is 0 Å². The topological polar surface area (TPSA) is 59.8 Å². The summed E-state index contributed by atoms with van der Waals surface area (Å²) in [4.78, 5) is 12.8. The van der Waals surface area contributed by atoms with E-state index < -0.39 is 23.0 Å². The zero-order valence-corrected chi connectivity index (χ0v) is 15.3. The first-order valence-corrected chi connectivity index (χ1v) is 9.22. The van der Waals surface area contributed by atoms with E-state index in [1.807, 2.05) is 0 Å². The van der Waals surface area contributed by atoms with Crippen LogP contribution in [-0.4, -0.2) is 32.6 Å². The molecule has 2 aromatic rings. The predicted molar refractivity (Wildman–Crippen MR) is 92.4 cm³/mol. The van der Waals surface area contributed by atoms with Crippen LogP contribution in [0.1, 0.15) is 54.7 Å². The van der Waals surface area contributed by atoms with Crippen LogP contribution in [0.2, 0.25) is 0 Å². The van der Waals surface area contributed by atoms with Gasteiger partial charge in [0, 0.05) is 5.54 Å². The standard InChI is InChI=1S/C19H20F4N4O/c1-12-15(25-26-27(12)14-4-2-13(20)3-5-14)16(28)24-18-9-6-17(7-10-18,8-11-18)19(21,22)23/h2-5H,6-11H2,1H3,(H,24,28). The van der Waals surface area contributed by atoms with E-state index in [-0.39, 0.29) is 30.8 Å².